The summed E-state index contributed by atoms with van der Waals surface area (Å²) in [4.78, 5) is 23.1. The van der Waals surface area contributed by atoms with Gasteiger partial charge in [0.1, 0.15) is 6.10 Å². The summed E-state index contributed by atoms with van der Waals surface area (Å²) < 4.78 is 11.4. The molecule has 1 aliphatic carbocycles. The molecule has 1 aromatic rings. The molecular weight excluding hydrogens is 348 g/mol. The van der Waals surface area contributed by atoms with Gasteiger partial charge in [-0.3, -0.25) is 4.79 Å². The van der Waals surface area contributed by atoms with Crippen molar-refractivity contribution in [1.29, 1.82) is 0 Å². The van der Waals surface area contributed by atoms with Crippen LogP contribution < -0.4 is 0 Å². The highest BCUT2D eigenvalue weighted by Crippen LogP contribution is 2.39. The Morgan fingerprint density at radius 3 is 2.77 bits per heavy atom. The Morgan fingerprint density at radius 2 is 2.23 bits per heavy atom. The van der Waals surface area contributed by atoms with Crippen LogP contribution in [0.1, 0.15) is 30.1 Å². The summed E-state index contributed by atoms with van der Waals surface area (Å²) in [7, 11) is 0. The van der Waals surface area contributed by atoms with Crippen LogP contribution in [-0.2, 0) is 14.3 Å². The van der Waals surface area contributed by atoms with Crippen molar-refractivity contribution in [3.63, 3.8) is 0 Å². The molecule has 0 N–H and O–H groups in total. The first kappa shape index (κ1) is 16.7. The summed E-state index contributed by atoms with van der Waals surface area (Å²) in [5, 5.41) is 0. The van der Waals surface area contributed by atoms with Gasteiger partial charge in [-0.2, -0.15) is 0 Å². The predicted octanol–water partition coefficient (Wildman–Crippen LogP) is 3.75. The summed E-state index contributed by atoms with van der Waals surface area (Å²) in [6.45, 7) is 5.53. The third kappa shape index (κ3) is 4.19. The zero-order valence-electron chi connectivity index (χ0n) is 12.5. The highest BCUT2D eigenvalue weighted by Gasteiger charge is 2.38. The molecule has 1 saturated carbocycles. The Labute approximate surface area is 138 Å². The standard InChI is InChI=1S/C17H19BrO4/c1-3-16(15-8-7-13(15)10-21-11(2)19)22-17(20)12-5-4-6-14(18)9-12/h3-6,9,13,15-16H,1,7-8,10H2,2H3/t13-,15+,16-/m0/s1. The fourth-order valence-corrected chi connectivity index (χ4v) is 2.98. The van der Waals surface area contributed by atoms with Crippen LogP contribution in [0.15, 0.2) is 41.4 Å². The normalized spacial score (nSPS) is 21.4. The van der Waals surface area contributed by atoms with Crippen LogP contribution in [0, 0.1) is 11.8 Å². The second-order valence-corrected chi connectivity index (χ2v) is 6.34. The van der Waals surface area contributed by atoms with Crippen molar-refractivity contribution < 1.29 is 19.1 Å². The molecule has 1 aliphatic rings. The number of esters is 2. The van der Waals surface area contributed by atoms with Crippen LogP contribution in [0.25, 0.3) is 0 Å². The number of carbonyl (C=O) groups excluding carboxylic acids is 2. The van der Waals surface area contributed by atoms with Crippen molar-refractivity contribution in [3.05, 3.63) is 47.0 Å². The maximum absolute atomic E-state index is 12.2. The molecule has 0 unspecified atom stereocenters. The second kappa shape index (κ2) is 7.58. The predicted molar refractivity (Wildman–Crippen MR) is 86.4 cm³/mol. The Kier molecular flexibility index (Phi) is 5.77. The van der Waals surface area contributed by atoms with Crippen LogP contribution >= 0.6 is 15.9 Å². The van der Waals surface area contributed by atoms with E-state index < -0.39 is 0 Å². The monoisotopic (exact) mass is 366 g/mol. The SMILES string of the molecule is C=C[C@H](OC(=O)c1cccc(Br)c1)[C@@H]1CC[C@H]1COC(C)=O. The van der Waals surface area contributed by atoms with Gasteiger partial charge in [-0.25, -0.2) is 4.79 Å². The Hall–Kier alpha value is -1.62. The number of halogens is 1. The van der Waals surface area contributed by atoms with E-state index in [1.54, 1.807) is 24.3 Å². The molecule has 0 aromatic heterocycles. The van der Waals surface area contributed by atoms with E-state index in [0.29, 0.717) is 12.2 Å². The maximum atomic E-state index is 12.2. The molecule has 0 aliphatic heterocycles. The topological polar surface area (TPSA) is 52.6 Å². The van der Waals surface area contributed by atoms with E-state index in [2.05, 4.69) is 22.5 Å². The lowest BCUT2D eigenvalue weighted by Crippen LogP contribution is -2.40. The summed E-state index contributed by atoms with van der Waals surface area (Å²) in [5.41, 5.74) is 0.497. The van der Waals surface area contributed by atoms with Gasteiger partial charge in [0.05, 0.1) is 12.2 Å². The van der Waals surface area contributed by atoms with Crippen LogP contribution in [0.2, 0.25) is 0 Å². The molecule has 22 heavy (non-hydrogen) atoms. The number of rotatable bonds is 6. The van der Waals surface area contributed by atoms with E-state index in [-0.39, 0.29) is 29.9 Å². The first-order chi connectivity index (χ1) is 10.5. The highest BCUT2D eigenvalue weighted by atomic mass is 79.9. The van der Waals surface area contributed by atoms with E-state index in [1.807, 2.05) is 6.07 Å². The van der Waals surface area contributed by atoms with Gasteiger partial charge in [-0.05, 0) is 37.0 Å². The number of carbonyl (C=O) groups is 2. The minimum Gasteiger partial charge on any atom is -0.466 e. The van der Waals surface area contributed by atoms with Gasteiger partial charge in [-0.15, -0.1) is 0 Å². The summed E-state index contributed by atoms with van der Waals surface area (Å²) in [6.07, 6.45) is 3.20. The maximum Gasteiger partial charge on any atom is 0.338 e. The van der Waals surface area contributed by atoms with Crippen LogP contribution in [0.5, 0.6) is 0 Å². The van der Waals surface area contributed by atoms with Crippen LogP contribution in [0.4, 0.5) is 0 Å². The summed E-state index contributed by atoms with van der Waals surface area (Å²) in [5.74, 6) is -0.272. The highest BCUT2D eigenvalue weighted by molar-refractivity contribution is 9.10. The van der Waals surface area contributed by atoms with Gasteiger partial charge in [0, 0.05) is 17.3 Å². The molecule has 0 saturated heterocycles. The number of ether oxygens (including phenoxy) is 2. The van der Waals surface area contributed by atoms with Gasteiger partial charge >= 0.3 is 11.9 Å². The molecule has 118 valence electrons. The first-order valence-electron chi connectivity index (χ1n) is 7.23. The molecule has 2 rings (SSSR count). The van der Waals surface area contributed by atoms with Crippen molar-refractivity contribution >= 4 is 27.9 Å². The van der Waals surface area contributed by atoms with Crippen molar-refractivity contribution in [2.75, 3.05) is 6.61 Å². The molecule has 0 spiro atoms. The molecular formula is C17H19BrO4. The van der Waals surface area contributed by atoms with Gasteiger partial charge in [0.15, 0.2) is 0 Å². The van der Waals surface area contributed by atoms with Crippen molar-refractivity contribution in [3.8, 4) is 0 Å². The van der Waals surface area contributed by atoms with Crippen molar-refractivity contribution in [1.82, 2.24) is 0 Å². The van der Waals surface area contributed by atoms with Gasteiger partial charge in [0.25, 0.3) is 0 Å². The van der Waals surface area contributed by atoms with Crippen molar-refractivity contribution in [2.24, 2.45) is 11.8 Å². The van der Waals surface area contributed by atoms with Gasteiger partial charge in [0.2, 0.25) is 0 Å². The van der Waals surface area contributed by atoms with Gasteiger partial charge in [-0.1, -0.05) is 34.7 Å². The fourth-order valence-electron chi connectivity index (χ4n) is 2.58. The average molecular weight is 367 g/mol. The molecule has 0 amide bonds. The van der Waals surface area contributed by atoms with Crippen molar-refractivity contribution in [2.45, 2.75) is 25.9 Å². The third-order valence-corrected chi connectivity index (χ3v) is 4.43. The van der Waals surface area contributed by atoms with E-state index in [4.69, 9.17) is 9.47 Å². The molecule has 4 nitrogen and oxygen atoms in total. The lowest BCUT2D eigenvalue weighted by atomic mass is 9.71. The Morgan fingerprint density at radius 1 is 1.45 bits per heavy atom. The molecule has 1 fully saturated rings. The van der Waals surface area contributed by atoms with Crippen LogP contribution in [0.3, 0.4) is 0 Å². The largest absolute Gasteiger partial charge is 0.466 e. The lowest BCUT2D eigenvalue weighted by Gasteiger charge is -2.39. The summed E-state index contributed by atoms with van der Waals surface area (Å²) >= 11 is 3.33. The van der Waals surface area contributed by atoms with E-state index in [0.717, 1.165) is 17.3 Å². The Balaban J connectivity index is 1.96. The summed E-state index contributed by atoms with van der Waals surface area (Å²) in [6, 6.07) is 7.07. The van der Waals surface area contributed by atoms with Gasteiger partial charge < -0.3 is 9.47 Å². The molecule has 0 heterocycles. The molecule has 0 bridgehead atoms. The zero-order valence-corrected chi connectivity index (χ0v) is 14.0. The fraction of sp³-hybridized carbons (Fsp3) is 0.412. The zero-order chi connectivity index (χ0) is 16.1. The van der Waals surface area contributed by atoms with E-state index in [1.165, 1.54) is 6.92 Å². The molecule has 5 heteroatoms. The number of hydrogen-bond acceptors (Lipinski definition) is 4. The minimum absolute atomic E-state index is 0.160. The number of benzene rings is 1. The minimum atomic E-state index is -0.371. The third-order valence-electron chi connectivity index (χ3n) is 3.93. The first-order valence-corrected chi connectivity index (χ1v) is 8.03. The molecule has 0 radical (unpaired) electrons. The van der Waals surface area contributed by atoms with Crippen LogP contribution in [-0.4, -0.2) is 24.6 Å². The smallest absolute Gasteiger partial charge is 0.338 e. The van der Waals surface area contributed by atoms with E-state index >= 15 is 0 Å². The molecule has 3 atom stereocenters. The second-order valence-electron chi connectivity index (χ2n) is 5.42. The average Bonchev–Trinajstić information content (AvgIpc) is 2.45. The number of hydrogen-bond donors (Lipinski definition) is 0. The molecule has 1 aromatic carbocycles. The Bertz CT molecular complexity index is 570. The van der Waals surface area contributed by atoms with E-state index in [9.17, 15) is 9.59 Å². The lowest BCUT2D eigenvalue weighted by molar-refractivity contribution is -0.145. The quantitative estimate of drug-likeness (QED) is 0.568.